The van der Waals surface area contributed by atoms with Crippen LogP contribution in [0.3, 0.4) is 0 Å². The highest BCUT2D eigenvalue weighted by molar-refractivity contribution is 7.89. The van der Waals surface area contributed by atoms with E-state index in [4.69, 9.17) is 0 Å². The average molecular weight is 534 g/mol. The number of piperidine rings is 1. The van der Waals surface area contributed by atoms with E-state index in [2.05, 4.69) is 39.2 Å². The molecule has 0 aliphatic carbocycles. The highest BCUT2D eigenvalue weighted by atomic mass is 32.2. The molecule has 1 fully saturated rings. The summed E-state index contributed by atoms with van der Waals surface area (Å²) in [4.78, 5) is 21.1. The summed E-state index contributed by atoms with van der Waals surface area (Å²) < 4.78 is 28.0. The van der Waals surface area contributed by atoms with Gasteiger partial charge in [-0.2, -0.15) is 9.40 Å². The van der Waals surface area contributed by atoms with Crippen LogP contribution in [-0.2, 0) is 23.0 Å². The van der Waals surface area contributed by atoms with Crippen molar-refractivity contribution in [1.29, 1.82) is 0 Å². The van der Waals surface area contributed by atoms with Gasteiger partial charge in [0, 0.05) is 20.1 Å². The zero-order valence-electron chi connectivity index (χ0n) is 22.5. The van der Waals surface area contributed by atoms with Crippen LogP contribution in [0.2, 0.25) is 0 Å². The molecule has 1 aliphatic rings. The Morgan fingerprint density at radius 2 is 1.84 bits per heavy atom. The predicted octanol–water partition coefficient (Wildman–Crippen LogP) is 3.17. The molecule has 37 heavy (non-hydrogen) atoms. The van der Waals surface area contributed by atoms with Gasteiger partial charge in [0.25, 0.3) is 0 Å². The number of amides is 2. The molecule has 11 heteroatoms. The molecule has 0 saturated carbocycles. The third kappa shape index (κ3) is 8.79. The summed E-state index contributed by atoms with van der Waals surface area (Å²) in [6.45, 7) is 8.45. The largest absolute Gasteiger partial charge is 0.331 e. The van der Waals surface area contributed by atoms with Crippen LogP contribution < -0.4 is 5.32 Å². The third-order valence-corrected chi connectivity index (χ3v) is 9.04. The van der Waals surface area contributed by atoms with Crippen LogP contribution in [0.15, 0.2) is 30.3 Å². The second-order valence-electron chi connectivity index (χ2n) is 9.60. The number of aromatic amines is 1. The Morgan fingerprint density at radius 1 is 1.14 bits per heavy atom. The topological polar surface area (TPSA) is 115 Å². The van der Waals surface area contributed by atoms with Gasteiger partial charge in [0.1, 0.15) is 5.82 Å². The number of benzene rings is 1. The minimum Gasteiger partial charge on any atom is -0.331 e. The number of carbonyl (C=O) groups is 1. The minimum absolute atomic E-state index is 0.0781. The molecule has 2 amide bonds. The first-order valence-corrected chi connectivity index (χ1v) is 15.1. The molecule has 0 radical (unpaired) electrons. The van der Waals surface area contributed by atoms with Crippen LogP contribution in [0.4, 0.5) is 4.79 Å². The lowest BCUT2D eigenvalue weighted by Gasteiger charge is -2.27. The minimum atomic E-state index is -3.51. The van der Waals surface area contributed by atoms with Gasteiger partial charge in [0.05, 0.1) is 18.3 Å². The number of nitrogens with zero attached hydrogens (tertiary/aromatic N) is 5. The third-order valence-electron chi connectivity index (χ3n) is 7.10. The van der Waals surface area contributed by atoms with Gasteiger partial charge in [-0.1, -0.05) is 44.2 Å². The zero-order chi connectivity index (χ0) is 26.7. The maximum atomic E-state index is 13.3. The number of urea groups is 1. The molecule has 1 aromatic heterocycles. The first-order valence-electron chi connectivity index (χ1n) is 13.5. The fraction of sp³-hybridized carbons (Fsp3) is 0.654. The number of aryl methyl sites for hydroxylation is 1. The van der Waals surface area contributed by atoms with Gasteiger partial charge in [-0.05, 0) is 63.7 Å². The van der Waals surface area contributed by atoms with Crippen molar-refractivity contribution in [2.45, 2.75) is 65.0 Å². The molecule has 1 aliphatic heterocycles. The maximum absolute atomic E-state index is 13.3. The highest BCUT2D eigenvalue weighted by Crippen LogP contribution is 2.25. The molecule has 2 heterocycles. The van der Waals surface area contributed by atoms with Crippen LogP contribution in [0.25, 0.3) is 0 Å². The van der Waals surface area contributed by atoms with Crippen molar-refractivity contribution in [3.05, 3.63) is 47.5 Å². The Bertz CT molecular complexity index is 1050. The number of rotatable bonds is 14. The first-order chi connectivity index (χ1) is 17.8. The van der Waals surface area contributed by atoms with E-state index in [1.807, 2.05) is 35.2 Å². The van der Waals surface area contributed by atoms with Crippen LogP contribution >= 0.6 is 0 Å². The van der Waals surface area contributed by atoms with Crippen LogP contribution in [0, 0.1) is 0 Å². The number of H-pyrrole nitrogens is 1. The average Bonchev–Trinajstić information content (AvgIpc) is 3.39. The number of sulfonamides is 1. The number of hydrogen-bond donors (Lipinski definition) is 2. The summed E-state index contributed by atoms with van der Waals surface area (Å²) in [5.74, 6) is 1.01. The second kappa shape index (κ2) is 14.4. The SMILES string of the molecule is CCN(CC)CCCS(=O)(=O)N(C)[C@H](CCc1ccccc1)c1nc(CNC(=O)N2CCCCC2)n[nH]1. The Labute approximate surface area is 221 Å². The van der Waals surface area contributed by atoms with Crippen molar-refractivity contribution >= 4 is 16.1 Å². The van der Waals surface area contributed by atoms with Crippen molar-refractivity contribution in [1.82, 2.24) is 34.6 Å². The van der Waals surface area contributed by atoms with Crippen LogP contribution in [-0.4, -0.2) is 89.3 Å². The summed E-state index contributed by atoms with van der Waals surface area (Å²) in [6.07, 6.45) is 5.04. The van der Waals surface area contributed by atoms with E-state index in [-0.39, 0.29) is 18.3 Å². The quantitative estimate of drug-likeness (QED) is 0.386. The molecule has 10 nitrogen and oxygen atoms in total. The molecule has 0 spiro atoms. The second-order valence-corrected chi connectivity index (χ2v) is 11.7. The Kier molecular flexibility index (Phi) is 11.3. The van der Waals surface area contributed by atoms with Crippen molar-refractivity contribution in [3.63, 3.8) is 0 Å². The van der Waals surface area contributed by atoms with E-state index in [1.165, 1.54) is 4.31 Å². The molecule has 2 N–H and O–H groups in total. The fourth-order valence-electron chi connectivity index (χ4n) is 4.69. The molecular weight excluding hydrogens is 490 g/mol. The van der Waals surface area contributed by atoms with Crippen molar-refractivity contribution < 1.29 is 13.2 Å². The Balaban J connectivity index is 1.68. The van der Waals surface area contributed by atoms with Crippen molar-refractivity contribution in [3.8, 4) is 0 Å². The van der Waals surface area contributed by atoms with Gasteiger partial charge in [-0.3, -0.25) is 5.10 Å². The molecule has 0 bridgehead atoms. The van der Waals surface area contributed by atoms with Crippen molar-refractivity contribution in [2.24, 2.45) is 0 Å². The number of carbonyl (C=O) groups excluding carboxylic acids is 1. The zero-order valence-corrected chi connectivity index (χ0v) is 23.3. The number of aromatic nitrogens is 3. The summed E-state index contributed by atoms with van der Waals surface area (Å²) in [7, 11) is -1.88. The molecule has 1 atom stereocenters. The molecule has 1 aromatic carbocycles. The van der Waals surface area contributed by atoms with Gasteiger partial charge in [-0.15, -0.1) is 0 Å². The van der Waals surface area contributed by atoms with Crippen LogP contribution in [0.1, 0.15) is 69.2 Å². The Hall–Kier alpha value is -2.50. The summed E-state index contributed by atoms with van der Waals surface area (Å²) >= 11 is 0. The van der Waals surface area contributed by atoms with E-state index >= 15 is 0 Å². The van der Waals surface area contributed by atoms with Crippen LogP contribution in [0.5, 0.6) is 0 Å². The first kappa shape index (κ1) is 29.1. The maximum Gasteiger partial charge on any atom is 0.317 e. The molecule has 2 aromatic rings. The van der Waals surface area contributed by atoms with E-state index in [0.717, 1.165) is 57.5 Å². The smallest absolute Gasteiger partial charge is 0.317 e. The summed E-state index contributed by atoms with van der Waals surface area (Å²) in [6, 6.07) is 9.41. The van der Waals surface area contributed by atoms with E-state index in [0.29, 0.717) is 30.9 Å². The normalized spacial score (nSPS) is 15.3. The van der Waals surface area contributed by atoms with Gasteiger partial charge >= 0.3 is 6.03 Å². The predicted molar refractivity (Wildman–Crippen MR) is 146 cm³/mol. The number of likely N-dealkylation sites (tertiary alicyclic amines) is 1. The Morgan fingerprint density at radius 3 is 2.51 bits per heavy atom. The monoisotopic (exact) mass is 533 g/mol. The highest BCUT2D eigenvalue weighted by Gasteiger charge is 2.30. The molecule has 0 unspecified atom stereocenters. The van der Waals surface area contributed by atoms with E-state index < -0.39 is 16.1 Å². The lowest BCUT2D eigenvalue weighted by Crippen LogP contribution is -2.42. The van der Waals surface area contributed by atoms with Gasteiger partial charge in [-0.25, -0.2) is 18.2 Å². The number of hydrogen-bond acceptors (Lipinski definition) is 6. The molecule has 206 valence electrons. The van der Waals surface area contributed by atoms with Gasteiger partial charge in [0.2, 0.25) is 10.0 Å². The van der Waals surface area contributed by atoms with E-state index in [9.17, 15) is 13.2 Å². The number of nitrogens with one attached hydrogen (secondary N) is 2. The lowest BCUT2D eigenvalue weighted by molar-refractivity contribution is 0.186. The summed E-state index contributed by atoms with van der Waals surface area (Å²) in [5.41, 5.74) is 1.13. The standard InChI is InChI=1S/C26H43N7O3S/c1-4-32(5-2)17-12-20-37(35,36)31(3)23(16-15-22-13-8-6-9-14-22)25-28-24(29-30-25)21-27-26(34)33-18-10-7-11-19-33/h6,8-9,13-14,23H,4-5,7,10-12,15-21H2,1-3H3,(H,27,34)(H,28,29,30)/t23-/m1/s1. The molecular formula is C26H43N7O3S. The van der Waals surface area contributed by atoms with Gasteiger partial charge < -0.3 is 15.1 Å². The lowest BCUT2D eigenvalue weighted by atomic mass is 10.1. The summed E-state index contributed by atoms with van der Waals surface area (Å²) in [5, 5.41) is 10.1. The molecule has 3 rings (SSSR count). The fourth-order valence-corrected chi connectivity index (χ4v) is 6.06. The molecule has 1 saturated heterocycles. The van der Waals surface area contributed by atoms with Crippen molar-refractivity contribution in [2.75, 3.05) is 45.5 Å². The van der Waals surface area contributed by atoms with Gasteiger partial charge in [0.15, 0.2) is 5.82 Å². The van der Waals surface area contributed by atoms with E-state index in [1.54, 1.807) is 7.05 Å².